The van der Waals surface area contributed by atoms with E-state index < -0.39 is 0 Å². The van der Waals surface area contributed by atoms with Crippen LogP contribution in [0.4, 0.5) is 0 Å². The first-order chi connectivity index (χ1) is 22.6. The lowest BCUT2D eigenvalue weighted by Crippen LogP contribution is -2.30. The highest BCUT2D eigenvalue weighted by atomic mass is 16.5. The van der Waals surface area contributed by atoms with Gasteiger partial charge in [-0.1, -0.05) is 138 Å². The van der Waals surface area contributed by atoms with Crippen LogP contribution in [0.2, 0.25) is 0 Å². The number of nitrogens with zero attached hydrogens (tertiary/aromatic N) is 1. The minimum absolute atomic E-state index is 0.146. The molecule has 0 N–H and O–H groups in total. The van der Waals surface area contributed by atoms with Gasteiger partial charge in [-0.3, -0.25) is 0 Å². The lowest BCUT2D eigenvalue weighted by Gasteiger charge is -2.30. The molecule has 0 spiro atoms. The molecule has 1 fully saturated rings. The van der Waals surface area contributed by atoms with Crippen LogP contribution in [0.5, 0.6) is 0 Å². The highest BCUT2D eigenvalue weighted by Gasteiger charge is 2.38. The largest absolute Gasteiger partial charge is 0.372 e. The van der Waals surface area contributed by atoms with Gasteiger partial charge in [0.1, 0.15) is 0 Å². The molecular formula is C44H77NO. The van der Waals surface area contributed by atoms with Crippen molar-refractivity contribution in [1.82, 2.24) is 4.90 Å². The van der Waals surface area contributed by atoms with Gasteiger partial charge in [-0.05, 0) is 130 Å². The fourth-order valence-corrected chi connectivity index (χ4v) is 6.35. The van der Waals surface area contributed by atoms with Crippen LogP contribution in [0.3, 0.4) is 0 Å². The van der Waals surface area contributed by atoms with Crippen molar-refractivity contribution in [2.45, 2.75) is 186 Å². The Kier molecular flexibility index (Phi) is 29.4. The molecule has 46 heavy (non-hydrogen) atoms. The molecule has 0 radical (unpaired) electrons. The number of hydrogen-bond donors (Lipinski definition) is 0. The number of allylic oxidation sites excluding steroid dienone is 12. The van der Waals surface area contributed by atoms with E-state index in [0.717, 1.165) is 32.2 Å². The van der Waals surface area contributed by atoms with E-state index in [0.29, 0.717) is 6.10 Å². The summed E-state index contributed by atoms with van der Waals surface area (Å²) >= 11 is 0. The zero-order valence-electron chi connectivity index (χ0n) is 31.2. The average Bonchev–Trinajstić information content (AvgIpc) is 3.46. The first-order valence-electron chi connectivity index (χ1n) is 19.8. The van der Waals surface area contributed by atoms with Crippen LogP contribution in [0.1, 0.15) is 174 Å². The van der Waals surface area contributed by atoms with Gasteiger partial charge in [0.2, 0.25) is 0 Å². The Morgan fingerprint density at radius 1 is 0.522 bits per heavy atom. The van der Waals surface area contributed by atoms with Crippen LogP contribution in [0.15, 0.2) is 72.9 Å². The van der Waals surface area contributed by atoms with Crippen molar-refractivity contribution in [1.29, 1.82) is 0 Å². The molecule has 0 amide bonds. The van der Waals surface area contributed by atoms with E-state index in [4.69, 9.17) is 4.74 Å². The molecule has 0 bridgehead atoms. The van der Waals surface area contributed by atoms with E-state index in [2.05, 4.69) is 106 Å². The fourth-order valence-electron chi connectivity index (χ4n) is 6.35. The van der Waals surface area contributed by atoms with Gasteiger partial charge in [0.05, 0.1) is 11.7 Å². The molecule has 2 heteroatoms. The summed E-state index contributed by atoms with van der Waals surface area (Å²) in [6, 6.07) is 0. The third kappa shape index (κ3) is 26.4. The lowest BCUT2D eigenvalue weighted by molar-refractivity contribution is -0.0584. The number of unbranched alkanes of at least 4 members (excludes halogenated alkanes) is 12. The monoisotopic (exact) mass is 636 g/mol. The maximum Gasteiger partial charge on any atom is 0.0687 e. The molecule has 0 aliphatic carbocycles. The predicted molar refractivity (Wildman–Crippen MR) is 208 cm³/mol. The van der Waals surface area contributed by atoms with Crippen molar-refractivity contribution in [2.75, 3.05) is 20.6 Å². The van der Waals surface area contributed by atoms with Gasteiger partial charge in [0.15, 0.2) is 0 Å². The predicted octanol–water partition coefficient (Wildman–Crippen LogP) is 13.8. The van der Waals surface area contributed by atoms with Crippen molar-refractivity contribution in [3.63, 3.8) is 0 Å². The Balaban J connectivity index is 2.24. The molecule has 0 aromatic rings. The Morgan fingerprint density at radius 3 is 1.30 bits per heavy atom. The zero-order valence-corrected chi connectivity index (χ0v) is 31.2. The Labute approximate surface area is 288 Å². The summed E-state index contributed by atoms with van der Waals surface area (Å²) in [5, 5.41) is 0. The Morgan fingerprint density at radius 2 is 0.913 bits per heavy atom. The van der Waals surface area contributed by atoms with Gasteiger partial charge in [-0.25, -0.2) is 0 Å². The molecule has 1 aliphatic heterocycles. The highest BCUT2D eigenvalue weighted by Crippen LogP contribution is 2.40. The first kappa shape index (κ1) is 42.4. The maximum atomic E-state index is 6.87. The smallest absolute Gasteiger partial charge is 0.0687 e. The first-order valence-corrected chi connectivity index (χ1v) is 19.8. The zero-order chi connectivity index (χ0) is 33.2. The van der Waals surface area contributed by atoms with E-state index >= 15 is 0 Å². The minimum Gasteiger partial charge on any atom is -0.372 e. The van der Waals surface area contributed by atoms with E-state index in [-0.39, 0.29) is 5.60 Å². The summed E-state index contributed by atoms with van der Waals surface area (Å²) in [5.41, 5.74) is 0.146. The summed E-state index contributed by atoms with van der Waals surface area (Å²) in [6.07, 6.45) is 59.7. The van der Waals surface area contributed by atoms with Gasteiger partial charge >= 0.3 is 0 Å². The molecule has 0 aromatic carbocycles. The van der Waals surface area contributed by atoms with Crippen LogP contribution in [0.25, 0.3) is 0 Å². The van der Waals surface area contributed by atoms with Crippen LogP contribution in [0, 0.1) is 0 Å². The SMILES string of the molecule is CCCCC/C=C\C/C=C\C/C=C\CCCCCC1(CCCCC/C=C\C/C=C\C/C=C\CCCCC)CCC(CCN(C)C)O1. The molecule has 1 unspecified atom stereocenters. The molecule has 1 aliphatic rings. The van der Waals surface area contributed by atoms with Crippen LogP contribution >= 0.6 is 0 Å². The average molecular weight is 636 g/mol. The van der Waals surface area contributed by atoms with E-state index in [1.807, 2.05) is 0 Å². The Bertz CT molecular complexity index is 775. The van der Waals surface area contributed by atoms with Gasteiger partial charge in [-0.2, -0.15) is 0 Å². The standard InChI is InChI=1S/C44H77NO/c1-5-7-9-11-13-15-17-19-21-23-25-27-29-31-33-35-39-44(41-37-43(46-44)38-42-45(3)4)40-36-34-32-30-28-26-24-22-20-18-16-14-12-10-8-6-2/h13-16,19-22,25-28,43H,5-12,17-18,23-24,29-42H2,1-4H3/b15-13-,16-14-,21-19-,22-20-,27-25-,28-26-. The summed E-state index contributed by atoms with van der Waals surface area (Å²) < 4.78 is 6.87. The lowest BCUT2D eigenvalue weighted by atomic mass is 9.87. The number of hydrogen-bond acceptors (Lipinski definition) is 2. The molecule has 1 heterocycles. The quantitative estimate of drug-likeness (QED) is 0.0555. The number of ether oxygens (including phenoxy) is 1. The molecule has 2 nitrogen and oxygen atoms in total. The summed E-state index contributed by atoms with van der Waals surface area (Å²) in [5.74, 6) is 0. The van der Waals surface area contributed by atoms with E-state index in [1.54, 1.807) is 0 Å². The van der Waals surface area contributed by atoms with Crippen molar-refractivity contribution < 1.29 is 4.74 Å². The van der Waals surface area contributed by atoms with Gasteiger partial charge < -0.3 is 9.64 Å². The summed E-state index contributed by atoms with van der Waals surface area (Å²) in [6.45, 7) is 5.67. The van der Waals surface area contributed by atoms with Gasteiger partial charge in [-0.15, -0.1) is 0 Å². The molecule has 264 valence electrons. The third-order valence-corrected chi connectivity index (χ3v) is 9.28. The molecule has 1 saturated heterocycles. The maximum absolute atomic E-state index is 6.87. The van der Waals surface area contributed by atoms with Gasteiger partial charge in [0.25, 0.3) is 0 Å². The second kappa shape index (κ2) is 31.9. The molecular weight excluding hydrogens is 558 g/mol. The molecule has 0 aromatic heterocycles. The van der Waals surface area contributed by atoms with Gasteiger partial charge in [0, 0.05) is 0 Å². The summed E-state index contributed by atoms with van der Waals surface area (Å²) in [7, 11) is 4.36. The van der Waals surface area contributed by atoms with Crippen molar-refractivity contribution in [3.05, 3.63) is 72.9 Å². The van der Waals surface area contributed by atoms with Crippen LogP contribution < -0.4 is 0 Å². The minimum atomic E-state index is 0.146. The van der Waals surface area contributed by atoms with Crippen molar-refractivity contribution in [3.8, 4) is 0 Å². The second-order valence-corrected chi connectivity index (χ2v) is 14.0. The van der Waals surface area contributed by atoms with Crippen LogP contribution in [-0.4, -0.2) is 37.2 Å². The van der Waals surface area contributed by atoms with E-state index in [9.17, 15) is 0 Å². The molecule has 1 atom stereocenters. The second-order valence-electron chi connectivity index (χ2n) is 14.0. The molecule has 0 saturated carbocycles. The summed E-state index contributed by atoms with van der Waals surface area (Å²) in [4.78, 5) is 2.30. The Hall–Kier alpha value is -1.64. The fraction of sp³-hybridized carbons (Fsp3) is 0.727. The normalized spacial score (nSPS) is 17.3. The number of rotatable bonds is 31. The van der Waals surface area contributed by atoms with Crippen LogP contribution in [-0.2, 0) is 4.74 Å². The third-order valence-electron chi connectivity index (χ3n) is 9.28. The van der Waals surface area contributed by atoms with Crippen molar-refractivity contribution >= 4 is 0 Å². The van der Waals surface area contributed by atoms with Crippen molar-refractivity contribution in [2.24, 2.45) is 0 Å². The topological polar surface area (TPSA) is 12.5 Å². The molecule has 1 rings (SSSR count). The highest BCUT2D eigenvalue weighted by molar-refractivity contribution is 4.98. The van der Waals surface area contributed by atoms with E-state index in [1.165, 1.54) is 135 Å².